The molecule has 6 nitrogen and oxygen atoms in total. The third-order valence-corrected chi connectivity index (χ3v) is 3.42. The summed E-state index contributed by atoms with van der Waals surface area (Å²) in [6, 6.07) is 3.22. The Morgan fingerprint density at radius 3 is 2.60 bits per heavy atom. The normalized spacial score (nSPS) is 10.6. The molecule has 0 radical (unpaired) electrons. The number of aromatic nitrogens is 2. The quantitative estimate of drug-likeness (QED) is 0.796. The second-order valence-electron chi connectivity index (χ2n) is 4.28. The zero-order valence-corrected chi connectivity index (χ0v) is 11.7. The zero-order chi connectivity index (χ0) is 14.9. The molecule has 2 rings (SSSR count). The van der Waals surface area contributed by atoms with Crippen molar-refractivity contribution in [3.8, 4) is 11.5 Å². The number of halogens is 1. The van der Waals surface area contributed by atoms with E-state index in [1.807, 2.05) is 0 Å². The molecule has 2 aromatic rings. The van der Waals surface area contributed by atoms with Gasteiger partial charge in [0.1, 0.15) is 0 Å². The van der Waals surface area contributed by atoms with Crippen LogP contribution in [0.4, 0.5) is 0 Å². The number of phenolic OH excluding ortho intramolecular Hbond substituents is 1. The van der Waals surface area contributed by atoms with Crippen LogP contribution >= 0.6 is 11.6 Å². The summed E-state index contributed by atoms with van der Waals surface area (Å²) in [5.41, 5.74) is 0.379. The lowest BCUT2D eigenvalue weighted by Crippen LogP contribution is -2.27. The smallest absolute Gasteiger partial charge is 0.325 e. The van der Waals surface area contributed by atoms with Gasteiger partial charge >= 0.3 is 5.69 Å². The molecule has 1 aromatic carbocycles. The second-order valence-corrected chi connectivity index (χ2v) is 4.66. The number of H-pyrrole nitrogens is 2. The third-order valence-electron chi connectivity index (χ3n) is 3.00. The molecule has 0 amide bonds. The fourth-order valence-corrected chi connectivity index (χ4v) is 2.14. The van der Waals surface area contributed by atoms with E-state index in [4.69, 9.17) is 16.3 Å². The number of hydrogen-bond donors (Lipinski definition) is 3. The Morgan fingerprint density at radius 1 is 1.30 bits per heavy atom. The highest BCUT2D eigenvalue weighted by molar-refractivity contribution is 6.33. The van der Waals surface area contributed by atoms with Gasteiger partial charge in [0.15, 0.2) is 11.5 Å². The molecule has 1 aromatic heterocycles. The maximum absolute atomic E-state index is 11.8. The van der Waals surface area contributed by atoms with E-state index in [1.54, 1.807) is 19.1 Å². The summed E-state index contributed by atoms with van der Waals surface area (Å²) in [5, 5.41) is 9.96. The lowest BCUT2D eigenvalue weighted by atomic mass is 10.0. The van der Waals surface area contributed by atoms with Crippen LogP contribution in [-0.4, -0.2) is 22.2 Å². The molecule has 0 unspecified atom stereocenters. The minimum absolute atomic E-state index is 0.120. The van der Waals surface area contributed by atoms with Crippen molar-refractivity contribution in [1.82, 2.24) is 9.97 Å². The first kappa shape index (κ1) is 14.2. The van der Waals surface area contributed by atoms with Gasteiger partial charge in [-0.25, -0.2) is 4.79 Å². The summed E-state index contributed by atoms with van der Waals surface area (Å²) in [5.74, 6) is 0.0797. The van der Waals surface area contributed by atoms with Gasteiger partial charge in [0.25, 0.3) is 5.56 Å². The van der Waals surface area contributed by atoms with Crippen LogP contribution in [0.25, 0.3) is 0 Å². The molecular weight excluding hydrogens is 284 g/mol. The van der Waals surface area contributed by atoms with Crippen LogP contribution in [0.1, 0.15) is 16.8 Å². The van der Waals surface area contributed by atoms with Gasteiger partial charge in [0.05, 0.1) is 12.1 Å². The second kappa shape index (κ2) is 5.42. The Balaban J connectivity index is 2.49. The SMILES string of the molecule is COc1ccc(Cc2c(C)[nH]c(=O)[nH]c2=O)c(Cl)c1O. The Morgan fingerprint density at radius 2 is 2.00 bits per heavy atom. The Kier molecular flexibility index (Phi) is 3.85. The summed E-state index contributed by atoms with van der Waals surface area (Å²) in [7, 11) is 1.42. The Labute approximate surface area is 119 Å². The van der Waals surface area contributed by atoms with Gasteiger partial charge < -0.3 is 14.8 Å². The topological polar surface area (TPSA) is 95.2 Å². The van der Waals surface area contributed by atoms with Gasteiger partial charge in [-0.05, 0) is 18.6 Å². The molecule has 0 fully saturated rings. The minimum atomic E-state index is -0.556. The van der Waals surface area contributed by atoms with Gasteiger partial charge in [0, 0.05) is 17.7 Å². The van der Waals surface area contributed by atoms with Gasteiger partial charge in [-0.1, -0.05) is 17.7 Å². The molecule has 1 heterocycles. The van der Waals surface area contributed by atoms with Crippen LogP contribution in [0.5, 0.6) is 11.5 Å². The first-order valence-corrected chi connectivity index (χ1v) is 6.18. The average Bonchev–Trinajstić information content (AvgIpc) is 2.38. The molecule has 0 saturated carbocycles. The number of aromatic hydroxyl groups is 1. The molecule has 7 heteroatoms. The maximum atomic E-state index is 11.8. The third kappa shape index (κ3) is 2.55. The first-order chi connectivity index (χ1) is 9.43. The predicted octanol–water partition coefficient (Wildman–Crippen LogP) is 1.33. The fourth-order valence-electron chi connectivity index (χ4n) is 1.92. The predicted molar refractivity (Wildman–Crippen MR) is 74.9 cm³/mol. The first-order valence-electron chi connectivity index (χ1n) is 5.80. The van der Waals surface area contributed by atoms with Crippen molar-refractivity contribution in [2.75, 3.05) is 7.11 Å². The monoisotopic (exact) mass is 296 g/mol. The highest BCUT2D eigenvalue weighted by Crippen LogP contribution is 2.36. The summed E-state index contributed by atoms with van der Waals surface area (Å²) in [4.78, 5) is 27.6. The van der Waals surface area contributed by atoms with Crippen molar-refractivity contribution in [1.29, 1.82) is 0 Å². The maximum Gasteiger partial charge on any atom is 0.325 e. The number of rotatable bonds is 3. The van der Waals surface area contributed by atoms with Gasteiger partial charge in [-0.3, -0.25) is 9.78 Å². The summed E-state index contributed by atoms with van der Waals surface area (Å²) in [6.07, 6.45) is 0.189. The van der Waals surface area contributed by atoms with Crippen LogP contribution in [0.2, 0.25) is 5.02 Å². The standard InChI is InChI=1S/C13H13ClN2O4/c1-6-8(12(18)16-13(19)15-6)5-7-3-4-9(20-2)11(17)10(7)14/h3-4,17H,5H2,1-2H3,(H2,15,16,18,19). The number of ether oxygens (including phenoxy) is 1. The largest absolute Gasteiger partial charge is 0.503 e. The van der Waals surface area contributed by atoms with Crippen molar-refractivity contribution in [2.24, 2.45) is 0 Å². The molecule has 106 valence electrons. The van der Waals surface area contributed by atoms with E-state index >= 15 is 0 Å². The Bertz CT molecular complexity index is 764. The van der Waals surface area contributed by atoms with Gasteiger partial charge in [-0.15, -0.1) is 0 Å². The zero-order valence-electron chi connectivity index (χ0n) is 10.9. The number of nitrogens with one attached hydrogen (secondary N) is 2. The van der Waals surface area contributed by atoms with Gasteiger partial charge in [0.2, 0.25) is 0 Å². The van der Waals surface area contributed by atoms with Crippen LogP contribution < -0.4 is 16.0 Å². The molecule has 0 aliphatic heterocycles. The lowest BCUT2D eigenvalue weighted by Gasteiger charge is -2.10. The van der Waals surface area contributed by atoms with Crippen LogP contribution in [0.15, 0.2) is 21.7 Å². The highest BCUT2D eigenvalue weighted by atomic mass is 35.5. The number of aromatic amines is 2. The van der Waals surface area contributed by atoms with E-state index in [-0.39, 0.29) is 22.9 Å². The molecular formula is C13H13ClN2O4. The van der Waals surface area contributed by atoms with Crippen molar-refractivity contribution in [2.45, 2.75) is 13.3 Å². The van der Waals surface area contributed by atoms with E-state index in [0.717, 1.165) is 0 Å². The van der Waals surface area contributed by atoms with Crippen molar-refractivity contribution >= 4 is 11.6 Å². The summed E-state index contributed by atoms with van der Waals surface area (Å²) in [6.45, 7) is 1.63. The fraction of sp³-hybridized carbons (Fsp3) is 0.231. The minimum Gasteiger partial charge on any atom is -0.503 e. The molecule has 0 saturated heterocycles. The molecule has 0 aliphatic rings. The number of aryl methyl sites for hydroxylation is 1. The van der Waals surface area contributed by atoms with Gasteiger partial charge in [-0.2, -0.15) is 0 Å². The number of benzene rings is 1. The van der Waals surface area contributed by atoms with Crippen LogP contribution in [0, 0.1) is 6.92 Å². The molecule has 0 bridgehead atoms. The van der Waals surface area contributed by atoms with Crippen LogP contribution in [0.3, 0.4) is 0 Å². The van der Waals surface area contributed by atoms with Crippen molar-refractivity contribution in [3.63, 3.8) is 0 Å². The van der Waals surface area contributed by atoms with Crippen LogP contribution in [-0.2, 0) is 6.42 Å². The van der Waals surface area contributed by atoms with E-state index in [9.17, 15) is 14.7 Å². The molecule has 0 aliphatic carbocycles. The van der Waals surface area contributed by atoms with E-state index < -0.39 is 11.2 Å². The Hall–Kier alpha value is -2.21. The number of methoxy groups -OCH3 is 1. The van der Waals surface area contributed by atoms with Crippen molar-refractivity contribution < 1.29 is 9.84 Å². The molecule has 20 heavy (non-hydrogen) atoms. The van der Waals surface area contributed by atoms with E-state index in [1.165, 1.54) is 7.11 Å². The summed E-state index contributed by atoms with van der Waals surface area (Å²) >= 11 is 6.05. The average molecular weight is 297 g/mol. The number of hydrogen-bond acceptors (Lipinski definition) is 4. The molecule has 0 atom stereocenters. The van der Waals surface area contributed by atoms with Crippen molar-refractivity contribution in [3.05, 3.63) is 54.8 Å². The highest BCUT2D eigenvalue weighted by Gasteiger charge is 2.14. The molecule has 3 N–H and O–H groups in total. The molecule has 0 spiro atoms. The lowest BCUT2D eigenvalue weighted by molar-refractivity contribution is 0.373. The summed E-state index contributed by atoms with van der Waals surface area (Å²) < 4.78 is 4.94. The number of phenols is 1. The van der Waals surface area contributed by atoms with E-state index in [2.05, 4.69) is 9.97 Å². The van der Waals surface area contributed by atoms with E-state index in [0.29, 0.717) is 16.8 Å².